The van der Waals surface area contributed by atoms with Gasteiger partial charge in [-0.3, -0.25) is 8.78 Å². The van der Waals surface area contributed by atoms with Crippen molar-refractivity contribution in [1.82, 2.24) is 0 Å². The van der Waals surface area contributed by atoms with Crippen molar-refractivity contribution in [2.45, 2.75) is 6.92 Å². The Labute approximate surface area is 52.1 Å². The van der Waals surface area contributed by atoms with Gasteiger partial charge in [0.15, 0.2) is 0 Å². The summed E-state index contributed by atoms with van der Waals surface area (Å²) >= 11 is 0. The van der Waals surface area contributed by atoms with Crippen LogP contribution in [0.3, 0.4) is 0 Å². The van der Waals surface area contributed by atoms with Crippen molar-refractivity contribution < 1.29 is 8.78 Å². The van der Waals surface area contributed by atoms with Gasteiger partial charge in [-0.1, -0.05) is 6.92 Å². The third-order valence-corrected chi connectivity index (χ3v) is 1.05. The van der Waals surface area contributed by atoms with Gasteiger partial charge in [-0.25, -0.2) is 0 Å². The van der Waals surface area contributed by atoms with E-state index in [0.29, 0.717) is 5.56 Å². The second-order valence-corrected chi connectivity index (χ2v) is 1.79. The van der Waals surface area contributed by atoms with E-state index in [4.69, 9.17) is 0 Å². The van der Waals surface area contributed by atoms with Crippen LogP contribution in [0.5, 0.6) is 0 Å². The number of hydrogen-bond acceptors (Lipinski definition) is 0. The topological polar surface area (TPSA) is 0 Å². The molecule has 0 N–H and O–H groups in total. The first-order chi connectivity index (χ1) is 4.20. The van der Waals surface area contributed by atoms with Crippen molar-refractivity contribution in [1.29, 1.82) is 0 Å². The molecule has 0 saturated heterocycles. The molecule has 0 heterocycles. The molecule has 0 saturated carbocycles. The fraction of sp³-hybridized carbons (Fsp3) is 0.143. The van der Waals surface area contributed by atoms with E-state index >= 15 is 0 Å². The lowest BCUT2D eigenvalue weighted by Gasteiger charge is -2.03. The van der Waals surface area contributed by atoms with Gasteiger partial charge in [0.2, 0.25) is 0 Å². The quantitative estimate of drug-likeness (QED) is 0.468. The van der Waals surface area contributed by atoms with Gasteiger partial charge in [0, 0.05) is 11.6 Å². The number of benzene rings is 1. The minimum Gasteiger partial charge on any atom is -0.284 e. The predicted molar refractivity (Wildman–Crippen MR) is 29.9 cm³/mol. The van der Waals surface area contributed by atoms with E-state index in [1.165, 1.54) is 6.92 Å². The van der Waals surface area contributed by atoms with E-state index in [9.17, 15) is 8.78 Å². The molecular formula is C7H5F2-. The van der Waals surface area contributed by atoms with Gasteiger partial charge >= 0.3 is 0 Å². The normalized spacial score (nSPS) is 9.67. The molecule has 0 atom stereocenters. The molecule has 0 radical (unpaired) electrons. The maximum atomic E-state index is 12.3. The molecule has 0 amide bonds. The molecule has 0 spiro atoms. The summed E-state index contributed by atoms with van der Waals surface area (Å²) in [5.74, 6) is -1.13. The minimum atomic E-state index is -0.585. The maximum absolute atomic E-state index is 12.3. The number of hydrogen-bond donors (Lipinski definition) is 0. The van der Waals surface area contributed by atoms with Crippen LogP contribution < -0.4 is 0 Å². The Morgan fingerprint density at radius 3 is 2.56 bits per heavy atom. The third kappa shape index (κ3) is 1.25. The molecule has 1 aromatic rings. The van der Waals surface area contributed by atoms with E-state index < -0.39 is 11.6 Å². The van der Waals surface area contributed by atoms with Crippen LogP contribution in [0, 0.1) is 24.6 Å². The molecule has 48 valence electrons. The van der Waals surface area contributed by atoms with Crippen LogP contribution in [0.15, 0.2) is 12.1 Å². The SMILES string of the molecule is Cc1[c-]cc(F)cc1F. The first-order valence-electron chi connectivity index (χ1n) is 2.53. The van der Waals surface area contributed by atoms with Gasteiger partial charge < -0.3 is 0 Å². The van der Waals surface area contributed by atoms with E-state index in [-0.39, 0.29) is 0 Å². The molecule has 1 aromatic carbocycles. The van der Waals surface area contributed by atoms with Crippen LogP contribution in [0.2, 0.25) is 0 Å². The molecule has 2 heteroatoms. The zero-order valence-corrected chi connectivity index (χ0v) is 4.91. The van der Waals surface area contributed by atoms with Crippen LogP contribution in [0.1, 0.15) is 5.56 Å². The highest BCUT2D eigenvalue weighted by Gasteiger charge is 1.85. The molecule has 0 unspecified atom stereocenters. The average molecular weight is 127 g/mol. The standard InChI is InChI=1S/C7H5F2/c1-5-2-3-6(8)4-7(5)9/h3-4H,1H3/q-1. The Kier molecular flexibility index (Phi) is 1.47. The maximum Gasteiger partial charge on any atom is 0.0143 e. The predicted octanol–water partition coefficient (Wildman–Crippen LogP) is 2.07. The Morgan fingerprint density at radius 1 is 1.44 bits per heavy atom. The van der Waals surface area contributed by atoms with Crippen LogP contribution in [-0.2, 0) is 0 Å². The largest absolute Gasteiger partial charge is 0.284 e. The van der Waals surface area contributed by atoms with Crippen molar-refractivity contribution in [3.05, 3.63) is 35.4 Å². The van der Waals surface area contributed by atoms with Gasteiger partial charge in [-0.15, -0.1) is 17.7 Å². The summed E-state index contributed by atoms with van der Waals surface area (Å²) < 4.78 is 24.4. The summed E-state index contributed by atoms with van der Waals surface area (Å²) in [4.78, 5) is 0. The van der Waals surface area contributed by atoms with E-state index in [1.54, 1.807) is 0 Å². The zero-order valence-electron chi connectivity index (χ0n) is 4.91. The van der Waals surface area contributed by atoms with Crippen LogP contribution in [0.4, 0.5) is 8.78 Å². The number of aryl methyl sites for hydroxylation is 1. The summed E-state index contributed by atoms with van der Waals surface area (Å²) in [6.07, 6.45) is 0. The number of halogens is 2. The second kappa shape index (κ2) is 2.13. The highest BCUT2D eigenvalue weighted by Crippen LogP contribution is 2.05. The summed E-state index contributed by atoms with van der Waals surface area (Å²) in [7, 11) is 0. The fourth-order valence-corrected chi connectivity index (χ4v) is 0.517. The summed E-state index contributed by atoms with van der Waals surface area (Å²) in [6.45, 7) is 1.54. The Balaban J connectivity index is 3.17. The second-order valence-electron chi connectivity index (χ2n) is 1.79. The van der Waals surface area contributed by atoms with E-state index in [2.05, 4.69) is 6.07 Å². The van der Waals surface area contributed by atoms with Gasteiger partial charge in [0.1, 0.15) is 0 Å². The lowest BCUT2D eigenvalue weighted by molar-refractivity contribution is 0.577. The fourth-order valence-electron chi connectivity index (χ4n) is 0.517. The molecule has 0 aliphatic carbocycles. The highest BCUT2D eigenvalue weighted by atomic mass is 19.1. The van der Waals surface area contributed by atoms with Gasteiger partial charge in [0.05, 0.1) is 0 Å². The lowest BCUT2D eigenvalue weighted by atomic mass is 10.2. The van der Waals surface area contributed by atoms with Crippen LogP contribution >= 0.6 is 0 Å². The zero-order chi connectivity index (χ0) is 6.85. The summed E-state index contributed by atoms with van der Waals surface area (Å²) in [6, 6.07) is 4.37. The molecule has 0 aliphatic rings. The molecule has 1 rings (SSSR count). The lowest BCUT2D eigenvalue weighted by Crippen LogP contribution is -1.82. The van der Waals surface area contributed by atoms with E-state index in [0.717, 1.165) is 12.1 Å². The molecular weight excluding hydrogens is 122 g/mol. The summed E-state index contributed by atoms with van der Waals surface area (Å²) in [5, 5.41) is 0. The van der Waals surface area contributed by atoms with Crippen LogP contribution in [0.25, 0.3) is 0 Å². The Bertz CT molecular complexity index is 218. The highest BCUT2D eigenvalue weighted by molar-refractivity contribution is 5.14. The summed E-state index contributed by atoms with van der Waals surface area (Å²) in [5.41, 5.74) is 0.344. The average Bonchev–Trinajstić information content (AvgIpc) is 1.80. The first kappa shape index (κ1) is 6.20. The minimum absolute atomic E-state index is 0.344. The van der Waals surface area contributed by atoms with Crippen molar-refractivity contribution in [2.75, 3.05) is 0 Å². The van der Waals surface area contributed by atoms with Crippen molar-refractivity contribution >= 4 is 0 Å². The molecule has 0 aromatic heterocycles. The smallest absolute Gasteiger partial charge is 0.0143 e. The third-order valence-electron chi connectivity index (χ3n) is 1.05. The van der Waals surface area contributed by atoms with Gasteiger partial charge in [-0.05, 0) is 0 Å². The molecule has 0 fully saturated rings. The number of rotatable bonds is 0. The molecule has 0 nitrogen and oxygen atoms in total. The first-order valence-corrected chi connectivity index (χ1v) is 2.53. The van der Waals surface area contributed by atoms with E-state index in [1.807, 2.05) is 0 Å². The van der Waals surface area contributed by atoms with Crippen LogP contribution in [-0.4, -0.2) is 0 Å². The van der Waals surface area contributed by atoms with Crippen molar-refractivity contribution in [3.8, 4) is 0 Å². The Morgan fingerprint density at radius 2 is 2.11 bits per heavy atom. The molecule has 0 aliphatic heterocycles. The Hall–Kier alpha value is -0.920. The molecule has 0 bridgehead atoms. The van der Waals surface area contributed by atoms with Crippen molar-refractivity contribution in [3.63, 3.8) is 0 Å². The molecule has 9 heavy (non-hydrogen) atoms. The van der Waals surface area contributed by atoms with Crippen molar-refractivity contribution in [2.24, 2.45) is 0 Å². The van der Waals surface area contributed by atoms with Gasteiger partial charge in [0.25, 0.3) is 0 Å². The monoisotopic (exact) mass is 127 g/mol. The van der Waals surface area contributed by atoms with Gasteiger partial charge in [-0.2, -0.15) is 6.07 Å².